The highest BCUT2D eigenvalue weighted by Gasteiger charge is 2.22. The second kappa shape index (κ2) is 8.40. The van der Waals surface area contributed by atoms with Crippen molar-refractivity contribution in [3.8, 4) is 0 Å². The molecule has 108 valence electrons. The van der Waals surface area contributed by atoms with Crippen molar-refractivity contribution < 1.29 is 8.42 Å². The maximum absolute atomic E-state index is 12.0. The highest BCUT2D eigenvalue weighted by molar-refractivity contribution is 7.99. The monoisotopic (exact) mass is 294 g/mol. The zero-order valence-electron chi connectivity index (χ0n) is 11.4. The molecule has 0 saturated carbocycles. The standard InChI is InChI=1S/C12H26N2O2S2/c1-3-17-8-6-11(2)14-18(15,16)10-12-5-4-7-13-9-12/h11-14H,3-10H2,1-2H3. The van der Waals surface area contributed by atoms with Crippen LogP contribution in [-0.4, -0.2) is 44.8 Å². The summed E-state index contributed by atoms with van der Waals surface area (Å²) in [4.78, 5) is 0. The van der Waals surface area contributed by atoms with E-state index in [0.717, 1.165) is 43.9 Å². The Hall–Kier alpha value is 0.220. The highest BCUT2D eigenvalue weighted by atomic mass is 32.2. The minimum Gasteiger partial charge on any atom is -0.316 e. The molecule has 4 nitrogen and oxygen atoms in total. The molecule has 1 saturated heterocycles. The molecule has 2 atom stereocenters. The molecule has 1 fully saturated rings. The first kappa shape index (κ1) is 16.3. The summed E-state index contributed by atoms with van der Waals surface area (Å²) in [5.74, 6) is 2.65. The molecule has 18 heavy (non-hydrogen) atoms. The van der Waals surface area contributed by atoms with Crippen LogP contribution >= 0.6 is 11.8 Å². The van der Waals surface area contributed by atoms with Crippen molar-refractivity contribution in [1.29, 1.82) is 0 Å². The van der Waals surface area contributed by atoms with E-state index in [1.165, 1.54) is 0 Å². The van der Waals surface area contributed by atoms with Gasteiger partial charge in [-0.05, 0) is 56.7 Å². The molecule has 0 bridgehead atoms. The molecule has 0 amide bonds. The van der Waals surface area contributed by atoms with Crippen LogP contribution < -0.4 is 10.0 Å². The van der Waals surface area contributed by atoms with E-state index in [1.54, 1.807) is 0 Å². The van der Waals surface area contributed by atoms with Gasteiger partial charge >= 0.3 is 0 Å². The third kappa shape index (κ3) is 6.97. The average molecular weight is 294 g/mol. The minimum atomic E-state index is -3.12. The van der Waals surface area contributed by atoms with Crippen LogP contribution in [0, 0.1) is 5.92 Å². The summed E-state index contributed by atoms with van der Waals surface area (Å²) >= 11 is 1.85. The Kier molecular flexibility index (Phi) is 7.60. The Labute approximate surface area is 116 Å². The lowest BCUT2D eigenvalue weighted by Crippen LogP contribution is -2.40. The molecule has 2 unspecified atom stereocenters. The van der Waals surface area contributed by atoms with Gasteiger partial charge in [0.05, 0.1) is 5.75 Å². The first-order valence-corrected chi connectivity index (χ1v) is 9.62. The van der Waals surface area contributed by atoms with Gasteiger partial charge in [-0.3, -0.25) is 0 Å². The fourth-order valence-electron chi connectivity index (χ4n) is 2.19. The van der Waals surface area contributed by atoms with Gasteiger partial charge in [0, 0.05) is 6.04 Å². The zero-order valence-corrected chi connectivity index (χ0v) is 13.1. The largest absolute Gasteiger partial charge is 0.316 e. The van der Waals surface area contributed by atoms with Crippen LogP contribution in [0.1, 0.15) is 33.1 Å². The van der Waals surface area contributed by atoms with Crippen molar-refractivity contribution in [2.75, 3.05) is 30.3 Å². The van der Waals surface area contributed by atoms with E-state index in [-0.39, 0.29) is 17.7 Å². The van der Waals surface area contributed by atoms with E-state index in [4.69, 9.17) is 0 Å². The Bertz CT molecular complexity index is 314. The minimum absolute atomic E-state index is 0.0469. The molecule has 1 heterocycles. The Morgan fingerprint density at radius 2 is 2.28 bits per heavy atom. The lowest BCUT2D eigenvalue weighted by Gasteiger charge is -2.23. The maximum Gasteiger partial charge on any atom is 0.212 e. The quantitative estimate of drug-likeness (QED) is 0.665. The normalized spacial score (nSPS) is 22.9. The predicted octanol–water partition coefficient (Wildman–Crippen LogP) is 1.44. The number of sulfonamides is 1. The van der Waals surface area contributed by atoms with Gasteiger partial charge in [0.1, 0.15) is 0 Å². The molecule has 0 radical (unpaired) electrons. The van der Waals surface area contributed by atoms with E-state index in [9.17, 15) is 8.42 Å². The van der Waals surface area contributed by atoms with Gasteiger partial charge < -0.3 is 5.32 Å². The summed E-state index contributed by atoms with van der Waals surface area (Å²) in [7, 11) is -3.12. The van der Waals surface area contributed by atoms with E-state index in [1.807, 2.05) is 18.7 Å². The highest BCUT2D eigenvalue weighted by Crippen LogP contribution is 2.12. The topological polar surface area (TPSA) is 58.2 Å². The first-order valence-electron chi connectivity index (χ1n) is 6.82. The molecular weight excluding hydrogens is 268 g/mol. The van der Waals surface area contributed by atoms with Gasteiger partial charge in [-0.1, -0.05) is 6.92 Å². The van der Waals surface area contributed by atoms with E-state index >= 15 is 0 Å². The molecule has 1 rings (SSSR count). The number of hydrogen-bond donors (Lipinski definition) is 2. The van der Waals surface area contributed by atoms with Crippen LogP contribution in [-0.2, 0) is 10.0 Å². The molecule has 0 aromatic heterocycles. The summed E-state index contributed by atoms with van der Waals surface area (Å²) in [6, 6.07) is 0.0469. The lowest BCUT2D eigenvalue weighted by atomic mass is 10.0. The fourth-order valence-corrected chi connectivity index (χ4v) is 4.74. The van der Waals surface area contributed by atoms with Crippen LogP contribution in [0.4, 0.5) is 0 Å². The number of piperidine rings is 1. The third-order valence-corrected chi connectivity index (χ3v) is 5.74. The van der Waals surface area contributed by atoms with Gasteiger partial charge in [-0.2, -0.15) is 11.8 Å². The summed E-state index contributed by atoms with van der Waals surface area (Å²) in [6.45, 7) is 5.93. The van der Waals surface area contributed by atoms with Crippen molar-refractivity contribution >= 4 is 21.8 Å². The fraction of sp³-hybridized carbons (Fsp3) is 1.00. The van der Waals surface area contributed by atoms with Crippen molar-refractivity contribution in [3.63, 3.8) is 0 Å². The summed E-state index contributed by atoms with van der Waals surface area (Å²) in [5, 5.41) is 3.26. The van der Waals surface area contributed by atoms with E-state index in [0.29, 0.717) is 0 Å². The number of rotatable bonds is 8. The second-order valence-electron chi connectivity index (χ2n) is 5.00. The van der Waals surface area contributed by atoms with Crippen LogP contribution in [0.2, 0.25) is 0 Å². The average Bonchev–Trinajstić information content (AvgIpc) is 2.29. The van der Waals surface area contributed by atoms with Gasteiger partial charge in [-0.15, -0.1) is 0 Å². The van der Waals surface area contributed by atoms with Crippen molar-refractivity contribution in [1.82, 2.24) is 10.0 Å². The summed E-state index contributed by atoms with van der Waals surface area (Å²) in [6.07, 6.45) is 3.01. The number of nitrogens with one attached hydrogen (secondary N) is 2. The molecule has 2 N–H and O–H groups in total. The summed E-state index contributed by atoms with van der Waals surface area (Å²) < 4.78 is 26.8. The van der Waals surface area contributed by atoms with Gasteiger partial charge in [0.25, 0.3) is 0 Å². The molecular formula is C12H26N2O2S2. The van der Waals surface area contributed by atoms with Crippen molar-refractivity contribution in [2.24, 2.45) is 5.92 Å². The zero-order chi connectivity index (χ0) is 13.4. The molecule has 6 heteroatoms. The maximum atomic E-state index is 12.0. The van der Waals surface area contributed by atoms with Crippen molar-refractivity contribution in [2.45, 2.75) is 39.2 Å². The Morgan fingerprint density at radius 1 is 1.50 bits per heavy atom. The van der Waals surface area contributed by atoms with Crippen molar-refractivity contribution in [3.05, 3.63) is 0 Å². The van der Waals surface area contributed by atoms with Crippen LogP contribution in [0.3, 0.4) is 0 Å². The summed E-state index contributed by atoms with van der Waals surface area (Å²) in [5.41, 5.74) is 0. The second-order valence-corrected chi connectivity index (χ2v) is 8.19. The molecule has 1 aliphatic heterocycles. The van der Waals surface area contributed by atoms with Crippen LogP contribution in [0.5, 0.6) is 0 Å². The predicted molar refractivity (Wildman–Crippen MR) is 79.6 cm³/mol. The van der Waals surface area contributed by atoms with Crippen LogP contribution in [0.15, 0.2) is 0 Å². The van der Waals surface area contributed by atoms with E-state index < -0.39 is 10.0 Å². The van der Waals surface area contributed by atoms with Crippen LogP contribution in [0.25, 0.3) is 0 Å². The number of thioether (sulfide) groups is 1. The Morgan fingerprint density at radius 3 is 2.89 bits per heavy atom. The number of hydrogen-bond acceptors (Lipinski definition) is 4. The van der Waals surface area contributed by atoms with Gasteiger partial charge in [-0.25, -0.2) is 13.1 Å². The molecule has 0 aromatic rings. The molecule has 0 aromatic carbocycles. The van der Waals surface area contributed by atoms with E-state index in [2.05, 4.69) is 17.0 Å². The molecule has 1 aliphatic rings. The molecule has 0 aliphatic carbocycles. The Balaban J connectivity index is 2.29. The lowest BCUT2D eigenvalue weighted by molar-refractivity contribution is 0.402. The first-order chi connectivity index (χ1) is 8.53. The smallest absolute Gasteiger partial charge is 0.212 e. The third-order valence-electron chi connectivity index (χ3n) is 3.13. The SMILES string of the molecule is CCSCCC(C)NS(=O)(=O)CC1CCCNC1. The van der Waals surface area contributed by atoms with Gasteiger partial charge in [0.2, 0.25) is 10.0 Å². The van der Waals surface area contributed by atoms with Gasteiger partial charge in [0.15, 0.2) is 0 Å². The molecule has 0 spiro atoms.